The van der Waals surface area contributed by atoms with E-state index in [1.807, 2.05) is 18.3 Å². The third-order valence-electron chi connectivity index (χ3n) is 3.57. The van der Waals surface area contributed by atoms with Crippen molar-refractivity contribution in [1.82, 2.24) is 10.3 Å². The molecule has 0 amide bonds. The first-order chi connectivity index (χ1) is 8.39. The molecule has 1 fully saturated rings. The molecule has 1 N–H and O–H groups in total. The van der Waals surface area contributed by atoms with E-state index in [0.29, 0.717) is 6.04 Å². The van der Waals surface area contributed by atoms with E-state index in [9.17, 15) is 0 Å². The quantitative estimate of drug-likeness (QED) is 0.889. The topological polar surface area (TPSA) is 34.2 Å². The lowest BCUT2D eigenvalue weighted by molar-refractivity contribution is -0.0697. The fraction of sp³-hybridized carbons (Fsp3) is 0.667. The van der Waals surface area contributed by atoms with Gasteiger partial charge in [0.1, 0.15) is 0 Å². The van der Waals surface area contributed by atoms with Gasteiger partial charge in [-0.25, -0.2) is 0 Å². The minimum Gasteiger partial charge on any atom is -0.368 e. The Morgan fingerprint density at radius 2 is 2.11 bits per heavy atom. The predicted molar refractivity (Wildman–Crippen MR) is 73.6 cm³/mol. The van der Waals surface area contributed by atoms with E-state index in [-0.39, 0.29) is 11.2 Å². The van der Waals surface area contributed by atoms with Crippen molar-refractivity contribution in [3.05, 3.63) is 30.1 Å². The smallest absolute Gasteiger partial charge is 0.0787 e. The molecule has 2 heterocycles. The molecule has 3 nitrogen and oxygen atoms in total. The molecular formula is C15H24N2O. The summed E-state index contributed by atoms with van der Waals surface area (Å²) in [5.74, 6) is 0. The van der Waals surface area contributed by atoms with E-state index in [1.165, 1.54) is 0 Å². The van der Waals surface area contributed by atoms with Gasteiger partial charge in [-0.15, -0.1) is 0 Å². The summed E-state index contributed by atoms with van der Waals surface area (Å²) in [5, 5.41) is 3.61. The maximum Gasteiger partial charge on any atom is 0.0787 e. The molecule has 1 atom stereocenters. The van der Waals surface area contributed by atoms with Crippen LogP contribution in [0.1, 0.15) is 39.8 Å². The summed E-state index contributed by atoms with van der Waals surface area (Å²) < 4.78 is 6.07. The van der Waals surface area contributed by atoms with Gasteiger partial charge in [-0.2, -0.15) is 0 Å². The molecule has 1 saturated heterocycles. The number of pyridine rings is 1. The number of rotatable bonds is 4. The number of aromatic nitrogens is 1. The third-order valence-corrected chi connectivity index (χ3v) is 3.57. The largest absolute Gasteiger partial charge is 0.368 e. The first kappa shape index (κ1) is 13.5. The lowest BCUT2D eigenvalue weighted by atomic mass is 9.94. The summed E-state index contributed by atoms with van der Waals surface area (Å²) in [4.78, 5) is 4.34. The molecule has 0 saturated carbocycles. The van der Waals surface area contributed by atoms with Crippen LogP contribution < -0.4 is 5.32 Å². The van der Waals surface area contributed by atoms with Crippen LogP contribution in [0.5, 0.6) is 0 Å². The Labute approximate surface area is 110 Å². The molecule has 1 unspecified atom stereocenters. The SMILES string of the molecule is CC1(C)CC(NCCc2ccccn2)C(C)(C)O1. The molecule has 1 aliphatic heterocycles. The Morgan fingerprint density at radius 3 is 2.67 bits per heavy atom. The highest BCUT2D eigenvalue weighted by molar-refractivity contribution is 5.04. The molecule has 0 spiro atoms. The molecule has 1 aromatic heterocycles. The molecule has 0 aliphatic carbocycles. The molecule has 0 bridgehead atoms. The van der Waals surface area contributed by atoms with Crippen LogP contribution in [0, 0.1) is 0 Å². The first-order valence-corrected chi connectivity index (χ1v) is 6.72. The van der Waals surface area contributed by atoms with Crippen molar-refractivity contribution in [2.24, 2.45) is 0 Å². The van der Waals surface area contributed by atoms with Crippen LogP contribution in [0.15, 0.2) is 24.4 Å². The van der Waals surface area contributed by atoms with Crippen molar-refractivity contribution in [3.8, 4) is 0 Å². The van der Waals surface area contributed by atoms with Crippen molar-refractivity contribution < 1.29 is 4.74 Å². The van der Waals surface area contributed by atoms with Gasteiger partial charge >= 0.3 is 0 Å². The second-order valence-electron chi connectivity index (χ2n) is 6.25. The monoisotopic (exact) mass is 248 g/mol. The average molecular weight is 248 g/mol. The van der Waals surface area contributed by atoms with Crippen molar-refractivity contribution in [1.29, 1.82) is 0 Å². The van der Waals surface area contributed by atoms with Gasteiger partial charge in [-0.3, -0.25) is 4.98 Å². The lowest BCUT2D eigenvalue weighted by Gasteiger charge is -2.27. The highest BCUT2D eigenvalue weighted by atomic mass is 16.5. The summed E-state index contributed by atoms with van der Waals surface area (Å²) in [6, 6.07) is 6.47. The zero-order chi connectivity index (χ0) is 13.2. The Balaban J connectivity index is 1.84. The molecule has 1 aromatic rings. The Bertz CT molecular complexity index is 387. The Morgan fingerprint density at radius 1 is 1.33 bits per heavy atom. The number of ether oxygens (including phenoxy) is 1. The summed E-state index contributed by atoms with van der Waals surface area (Å²) in [7, 11) is 0. The van der Waals surface area contributed by atoms with Gasteiger partial charge in [-0.1, -0.05) is 6.07 Å². The van der Waals surface area contributed by atoms with Crippen molar-refractivity contribution in [2.75, 3.05) is 6.54 Å². The van der Waals surface area contributed by atoms with Crippen molar-refractivity contribution >= 4 is 0 Å². The predicted octanol–water partition coefficient (Wildman–Crippen LogP) is 2.56. The van der Waals surface area contributed by atoms with Gasteiger partial charge in [0.05, 0.1) is 11.2 Å². The van der Waals surface area contributed by atoms with Crippen LogP contribution in [-0.2, 0) is 11.2 Å². The zero-order valence-corrected chi connectivity index (χ0v) is 11.9. The normalized spacial score (nSPS) is 25.2. The number of hydrogen-bond acceptors (Lipinski definition) is 3. The van der Waals surface area contributed by atoms with E-state index in [2.05, 4.69) is 44.1 Å². The van der Waals surface area contributed by atoms with E-state index in [0.717, 1.165) is 25.1 Å². The van der Waals surface area contributed by atoms with E-state index >= 15 is 0 Å². The maximum atomic E-state index is 6.07. The van der Waals surface area contributed by atoms with Crippen LogP contribution in [0.4, 0.5) is 0 Å². The molecule has 3 heteroatoms. The number of hydrogen-bond donors (Lipinski definition) is 1. The van der Waals surface area contributed by atoms with Crippen LogP contribution in [0.25, 0.3) is 0 Å². The summed E-state index contributed by atoms with van der Waals surface area (Å²) in [6.07, 6.45) is 3.87. The average Bonchev–Trinajstić information content (AvgIpc) is 2.48. The summed E-state index contributed by atoms with van der Waals surface area (Å²) in [5.41, 5.74) is 1.03. The van der Waals surface area contributed by atoms with Gasteiger partial charge < -0.3 is 10.1 Å². The second-order valence-corrected chi connectivity index (χ2v) is 6.25. The van der Waals surface area contributed by atoms with Gasteiger partial charge in [0.15, 0.2) is 0 Å². The molecule has 2 rings (SSSR count). The molecular weight excluding hydrogens is 224 g/mol. The Hall–Kier alpha value is -0.930. The molecule has 1 aliphatic rings. The first-order valence-electron chi connectivity index (χ1n) is 6.72. The fourth-order valence-corrected chi connectivity index (χ4v) is 2.80. The zero-order valence-electron chi connectivity index (χ0n) is 11.9. The fourth-order valence-electron chi connectivity index (χ4n) is 2.80. The van der Waals surface area contributed by atoms with Gasteiger partial charge in [0.2, 0.25) is 0 Å². The molecule has 0 radical (unpaired) electrons. The van der Waals surface area contributed by atoms with Gasteiger partial charge in [0.25, 0.3) is 0 Å². The second kappa shape index (κ2) is 4.98. The maximum absolute atomic E-state index is 6.07. The molecule has 18 heavy (non-hydrogen) atoms. The Kier molecular flexibility index (Phi) is 3.74. The van der Waals surface area contributed by atoms with Crippen molar-refractivity contribution in [2.45, 2.75) is 57.8 Å². The molecule has 0 aromatic carbocycles. The molecule has 100 valence electrons. The highest BCUT2D eigenvalue weighted by Gasteiger charge is 2.45. The van der Waals surface area contributed by atoms with Gasteiger partial charge in [0, 0.05) is 30.9 Å². The minimum atomic E-state index is -0.0897. The standard InChI is InChI=1S/C15H24N2O/c1-14(2)11-13(15(3,4)18-14)17-10-8-12-7-5-6-9-16-12/h5-7,9,13,17H,8,10-11H2,1-4H3. The van der Waals surface area contributed by atoms with Crippen LogP contribution in [0.2, 0.25) is 0 Å². The van der Waals surface area contributed by atoms with E-state index in [4.69, 9.17) is 4.74 Å². The van der Waals surface area contributed by atoms with E-state index < -0.39 is 0 Å². The van der Waals surface area contributed by atoms with Gasteiger partial charge in [-0.05, 0) is 46.2 Å². The van der Waals surface area contributed by atoms with Crippen LogP contribution in [0.3, 0.4) is 0 Å². The number of nitrogens with zero attached hydrogens (tertiary/aromatic N) is 1. The van der Waals surface area contributed by atoms with Crippen molar-refractivity contribution in [3.63, 3.8) is 0 Å². The van der Waals surface area contributed by atoms with Crippen LogP contribution >= 0.6 is 0 Å². The number of nitrogens with one attached hydrogen (secondary N) is 1. The van der Waals surface area contributed by atoms with E-state index in [1.54, 1.807) is 0 Å². The minimum absolute atomic E-state index is 0.0217. The summed E-state index contributed by atoms with van der Waals surface area (Å²) >= 11 is 0. The lowest BCUT2D eigenvalue weighted by Crippen LogP contribution is -2.44. The third kappa shape index (κ3) is 3.30. The highest BCUT2D eigenvalue weighted by Crippen LogP contribution is 2.37. The summed E-state index contributed by atoms with van der Waals surface area (Å²) in [6.45, 7) is 9.61. The van der Waals surface area contributed by atoms with Crippen LogP contribution in [-0.4, -0.2) is 28.8 Å².